The summed E-state index contributed by atoms with van der Waals surface area (Å²) >= 11 is 0. The van der Waals surface area contributed by atoms with Crippen LogP contribution in [0.2, 0.25) is 0 Å². The number of hydrogen-bond donors (Lipinski definition) is 2. The molecule has 0 aromatic rings. The highest BCUT2D eigenvalue weighted by Gasteiger charge is 2.23. The van der Waals surface area contributed by atoms with E-state index >= 15 is 0 Å². The van der Waals surface area contributed by atoms with Gasteiger partial charge in [-0.25, -0.2) is 0 Å². The van der Waals surface area contributed by atoms with Gasteiger partial charge in [-0.15, -0.1) is 0 Å². The van der Waals surface area contributed by atoms with E-state index in [4.69, 9.17) is 10.4 Å². The summed E-state index contributed by atoms with van der Waals surface area (Å²) in [6.07, 6.45) is 2.25. The normalized spacial score (nSPS) is 20.6. The van der Waals surface area contributed by atoms with Gasteiger partial charge in [0.25, 0.3) is 0 Å². The average Bonchev–Trinajstić information content (AvgIpc) is 2.66. The summed E-state index contributed by atoms with van der Waals surface area (Å²) in [4.78, 5) is 13.5. The Hall–Kier alpha value is -1.12. The zero-order valence-corrected chi connectivity index (χ0v) is 9.48. The number of likely N-dealkylation sites (tertiary alicyclic amines) is 1. The van der Waals surface area contributed by atoms with Gasteiger partial charge in [-0.2, -0.15) is 5.26 Å². The van der Waals surface area contributed by atoms with Gasteiger partial charge in [0.15, 0.2) is 0 Å². The van der Waals surface area contributed by atoms with Crippen LogP contribution in [-0.2, 0) is 4.79 Å². The quantitative estimate of drug-likeness (QED) is 0.610. The molecular formula is C11H19N3O2. The molecule has 1 aliphatic heterocycles. The highest BCUT2D eigenvalue weighted by molar-refractivity contribution is 5.78. The van der Waals surface area contributed by atoms with Gasteiger partial charge in [-0.1, -0.05) is 0 Å². The average molecular weight is 225 g/mol. The lowest BCUT2D eigenvalue weighted by Crippen LogP contribution is -2.36. The molecule has 1 saturated heterocycles. The number of rotatable bonds is 6. The van der Waals surface area contributed by atoms with Gasteiger partial charge in [-0.05, 0) is 25.3 Å². The van der Waals surface area contributed by atoms with Gasteiger partial charge in [0.1, 0.15) is 0 Å². The largest absolute Gasteiger partial charge is 0.396 e. The Morgan fingerprint density at radius 3 is 3.12 bits per heavy atom. The van der Waals surface area contributed by atoms with E-state index in [0.717, 1.165) is 25.9 Å². The Bertz CT molecular complexity index is 262. The third-order valence-corrected chi connectivity index (χ3v) is 2.83. The number of aliphatic hydroxyl groups is 1. The van der Waals surface area contributed by atoms with Crippen LogP contribution >= 0.6 is 0 Å². The number of amides is 1. The lowest BCUT2D eigenvalue weighted by atomic mass is 10.1. The van der Waals surface area contributed by atoms with Crippen molar-refractivity contribution in [3.05, 3.63) is 0 Å². The zero-order chi connectivity index (χ0) is 11.8. The Kier molecular flexibility index (Phi) is 5.83. The summed E-state index contributed by atoms with van der Waals surface area (Å²) in [5.74, 6) is 0.511. The molecule has 0 saturated carbocycles. The maximum absolute atomic E-state index is 11.4. The number of nitrogens with zero attached hydrogens (tertiary/aromatic N) is 2. The van der Waals surface area contributed by atoms with Crippen molar-refractivity contribution >= 4 is 5.91 Å². The molecule has 1 rings (SSSR count). The Morgan fingerprint density at radius 1 is 1.62 bits per heavy atom. The molecule has 1 fully saturated rings. The van der Waals surface area contributed by atoms with Crippen molar-refractivity contribution < 1.29 is 9.90 Å². The van der Waals surface area contributed by atoms with E-state index in [0.29, 0.717) is 25.4 Å². The predicted molar refractivity (Wildman–Crippen MR) is 59.5 cm³/mol. The highest BCUT2D eigenvalue weighted by atomic mass is 16.3. The fourth-order valence-corrected chi connectivity index (χ4v) is 1.99. The van der Waals surface area contributed by atoms with Gasteiger partial charge >= 0.3 is 0 Å². The minimum atomic E-state index is -0.0140. The Morgan fingerprint density at radius 2 is 2.44 bits per heavy atom. The molecule has 1 amide bonds. The van der Waals surface area contributed by atoms with E-state index in [-0.39, 0.29) is 12.5 Å². The van der Waals surface area contributed by atoms with Crippen molar-refractivity contribution in [1.82, 2.24) is 10.2 Å². The van der Waals surface area contributed by atoms with Crippen LogP contribution in [-0.4, -0.2) is 48.7 Å². The van der Waals surface area contributed by atoms with Crippen LogP contribution < -0.4 is 5.32 Å². The van der Waals surface area contributed by atoms with Crippen LogP contribution in [0, 0.1) is 17.2 Å². The highest BCUT2D eigenvalue weighted by Crippen LogP contribution is 2.18. The van der Waals surface area contributed by atoms with Crippen molar-refractivity contribution in [3.63, 3.8) is 0 Å². The van der Waals surface area contributed by atoms with Gasteiger partial charge in [-0.3, -0.25) is 9.69 Å². The van der Waals surface area contributed by atoms with E-state index in [1.807, 2.05) is 6.07 Å². The van der Waals surface area contributed by atoms with Crippen molar-refractivity contribution in [2.75, 3.05) is 32.8 Å². The second-order valence-electron chi connectivity index (χ2n) is 4.16. The Labute approximate surface area is 96.0 Å². The first-order chi connectivity index (χ1) is 7.76. The van der Waals surface area contributed by atoms with E-state index < -0.39 is 0 Å². The molecule has 1 heterocycles. The van der Waals surface area contributed by atoms with Crippen LogP contribution in [0.1, 0.15) is 19.3 Å². The van der Waals surface area contributed by atoms with Crippen LogP contribution in [0.3, 0.4) is 0 Å². The summed E-state index contributed by atoms with van der Waals surface area (Å²) in [6, 6.07) is 1.98. The SMILES string of the molecule is N#CCCNC(=O)CN1CCC(CCO)C1. The maximum Gasteiger partial charge on any atom is 0.234 e. The lowest BCUT2D eigenvalue weighted by molar-refractivity contribution is -0.122. The second kappa shape index (κ2) is 7.20. The monoisotopic (exact) mass is 225 g/mol. The second-order valence-corrected chi connectivity index (χ2v) is 4.16. The maximum atomic E-state index is 11.4. The molecule has 2 N–H and O–H groups in total. The molecule has 5 heteroatoms. The van der Waals surface area contributed by atoms with Crippen molar-refractivity contribution in [2.45, 2.75) is 19.3 Å². The van der Waals surface area contributed by atoms with Crippen molar-refractivity contribution in [2.24, 2.45) is 5.92 Å². The van der Waals surface area contributed by atoms with E-state index in [1.54, 1.807) is 0 Å². The summed E-state index contributed by atoms with van der Waals surface area (Å²) in [5.41, 5.74) is 0. The van der Waals surface area contributed by atoms with Crippen LogP contribution in [0.25, 0.3) is 0 Å². The fraction of sp³-hybridized carbons (Fsp3) is 0.818. The molecule has 5 nitrogen and oxygen atoms in total. The standard InChI is InChI=1S/C11H19N3O2/c12-4-1-5-13-11(16)9-14-6-2-10(8-14)3-7-15/h10,15H,1-3,5-9H2,(H,13,16). The molecule has 0 aromatic carbocycles. The van der Waals surface area contributed by atoms with Gasteiger partial charge in [0, 0.05) is 19.7 Å². The number of nitrogens with one attached hydrogen (secondary N) is 1. The van der Waals surface area contributed by atoms with E-state index in [2.05, 4.69) is 10.2 Å². The topological polar surface area (TPSA) is 76.4 Å². The number of carbonyl (C=O) groups is 1. The predicted octanol–water partition coefficient (Wildman–Crippen LogP) is -0.279. The molecule has 0 aromatic heterocycles. The smallest absolute Gasteiger partial charge is 0.234 e. The number of aliphatic hydroxyl groups excluding tert-OH is 1. The number of hydrogen-bond acceptors (Lipinski definition) is 4. The molecule has 1 aliphatic rings. The molecule has 90 valence electrons. The first-order valence-corrected chi connectivity index (χ1v) is 5.73. The summed E-state index contributed by atoms with van der Waals surface area (Å²) in [6.45, 7) is 2.89. The molecule has 1 unspecified atom stereocenters. The van der Waals surface area contributed by atoms with Crippen molar-refractivity contribution in [1.29, 1.82) is 5.26 Å². The zero-order valence-electron chi connectivity index (χ0n) is 9.48. The van der Waals surface area contributed by atoms with E-state index in [9.17, 15) is 4.79 Å². The summed E-state index contributed by atoms with van der Waals surface area (Å²) in [5, 5.41) is 19.8. The van der Waals surface area contributed by atoms with Crippen LogP contribution in [0.5, 0.6) is 0 Å². The van der Waals surface area contributed by atoms with Crippen molar-refractivity contribution in [3.8, 4) is 6.07 Å². The molecule has 0 aliphatic carbocycles. The molecule has 0 radical (unpaired) electrons. The number of carbonyl (C=O) groups excluding carboxylic acids is 1. The third kappa shape index (κ3) is 4.60. The lowest BCUT2D eigenvalue weighted by Gasteiger charge is -2.14. The Balaban J connectivity index is 2.13. The van der Waals surface area contributed by atoms with Gasteiger partial charge in [0.2, 0.25) is 5.91 Å². The molecule has 16 heavy (non-hydrogen) atoms. The molecule has 1 atom stereocenters. The van der Waals surface area contributed by atoms with Gasteiger partial charge in [0.05, 0.1) is 19.0 Å². The fourth-order valence-electron chi connectivity index (χ4n) is 1.99. The summed E-state index contributed by atoms with van der Waals surface area (Å²) in [7, 11) is 0. The molecule has 0 bridgehead atoms. The van der Waals surface area contributed by atoms with Crippen LogP contribution in [0.15, 0.2) is 0 Å². The molecular weight excluding hydrogens is 206 g/mol. The minimum Gasteiger partial charge on any atom is -0.396 e. The van der Waals surface area contributed by atoms with Gasteiger partial charge < -0.3 is 10.4 Å². The first kappa shape index (κ1) is 12.9. The van der Waals surface area contributed by atoms with Crippen LogP contribution in [0.4, 0.5) is 0 Å². The number of nitriles is 1. The third-order valence-electron chi connectivity index (χ3n) is 2.83. The molecule has 0 spiro atoms. The minimum absolute atomic E-state index is 0.0140. The van der Waals surface area contributed by atoms with E-state index in [1.165, 1.54) is 0 Å². The first-order valence-electron chi connectivity index (χ1n) is 5.73. The summed E-state index contributed by atoms with van der Waals surface area (Å²) < 4.78 is 0.